The lowest BCUT2D eigenvalue weighted by molar-refractivity contribution is -0.154. The molecule has 262 valence electrons. The van der Waals surface area contributed by atoms with Crippen LogP contribution in [-0.2, 0) is 14.3 Å². The van der Waals surface area contributed by atoms with Crippen molar-refractivity contribution in [2.75, 3.05) is 6.54 Å². The first-order chi connectivity index (χ1) is 22.2. The molecule has 48 heavy (non-hydrogen) atoms. The Bertz CT molecular complexity index is 1500. The molecule has 1 aliphatic heterocycles. The summed E-state index contributed by atoms with van der Waals surface area (Å²) >= 11 is 12.8. The number of benzene rings is 2. The maximum absolute atomic E-state index is 14.7. The summed E-state index contributed by atoms with van der Waals surface area (Å²) in [7, 11) is 0. The number of halogens is 2. The maximum atomic E-state index is 14.7. The molecule has 1 heterocycles. The molecule has 1 atom stereocenters. The van der Waals surface area contributed by atoms with Gasteiger partial charge in [-0.15, -0.1) is 0 Å². The minimum absolute atomic E-state index is 0.0379. The zero-order valence-corrected chi connectivity index (χ0v) is 31.6. The van der Waals surface area contributed by atoms with Crippen molar-refractivity contribution in [1.82, 2.24) is 10.2 Å². The summed E-state index contributed by atoms with van der Waals surface area (Å²) < 4.78 is 5.34. The van der Waals surface area contributed by atoms with E-state index in [1.807, 2.05) is 37.8 Å². The Morgan fingerprint density at radius 3 is 2.06 bits per heavy atom. The number of carbonyl (C=O) groups is 3. The van der Waals surface area contributed by atoms with E-state index in [1.54, 1.807) is 30.3 Å². The van der Waals surface area contributed by atoms with Crippen molar-refractivity contribution >= 4 is 46.7 Å². The van der Waals surface area contributed by atoms with Crippen LogP contribution in [0, 0.1) is 16.7 Å². The van der Waals surface area contributed by atoms with Crippen LogP contribution in [0.25, 0.3) is 0 Å². The summed E-state index contributed by atoms with van der Waals surface area (Å²) in [6.45, 7) is 19.1. The number of carbonyl (C=O) groups excluding carboxylic acids is 3. The number of esters is 1. The van der Waals surface area contributed by atoms with Gasteiger partial charge in [0.05, 0.1) is 12.5 Å². The molecule has 7 nitrogen and oxygen atoms in total. The van der Waals surface area contributed by atoms with Crippen LogP contribution in [0.4, 0.5) is 0 Å². The molecule has 2 aromatic carbocycles. The molecule has 1 spiro atoms. The largest absolute Gasteiger partial charge is 0.460 e. The molecular weight excluding hydrogens is 645 g/mol. The number of rotatable bonds is 9. The van der Waals surface area contributed by atoms with Crippen LogP contribution in [0.15, 0.2) is 47.5 Å². The highest BCUT2D eigenvalue weighted by atomic mass is 35.5. The number of hydrogen-bond donors (Lipinski definition) is 1. The second kappa shape index (κ2) is 14.5. The summed E-state index contributed by atoms with van der Waals surface area (Å²) in [4.78, 5) is 47.1. The van der Waals surface area contributed by atoms with Crippen molar-refractivity contribution in [3.05, 3.63) is 69.2 Å². The minimum Gasteiger partial charge on any atom is -0.460 e. The van der Waals surface area contributed by atoms with Gasteiger partial charge in [-0.3, -0.25) is 19.4 Å². The third kappa shape index (κ3) is 9.62. The molecule has 1 N–H and O–H groups in total. The molecule has 0 bridgehead atoms. The normalized spacial score (nSPS) is 20.9. The van der Waals surface area contributed by atoms with Crippen molar-refractivity contribution in [2.45, 2.75) is 125 Å². The van der Waals surface area contributed by atoms with Gasteiger partial charge in [0.25, 0.3) is 11.8 Å². The van der Waals surface area contributed by atoms with E-state index in [1.165, 1.54) is 0 Å². The number of nitrogens with zero attached hydrogens (tertiary/aromatic N) is 2. The molecule has 9 heteroatoms. The zero-order chi connectivity index (χ0) is 35.7. The first kappa shape index (κ1) is 37.9. The average molecular weight is 699 g/mol. The third-order valence-electron chi connectivity index (χ3n) is 9.41. The van der Waals surface area contributed by atoms with Gasteiger partial charge in [0.2, 0.25) is 0 Å². The van der Waals surface area contributed by atoms with E-state index in [0.29, 0.717) is 32.8 Å². The predicted octanol–water partition coefficient (Wildman–Crippen LogP) is 9.59. The van der Waals surface area contributed by atoms with Crippen molar-refractivity contribution < 1.29 is 19.1 Å². The molecule has 0 saturated heterocycles. The summed E-state index contributed by atoms with van der Waals surface area (Å²) in [5, 5.41) is 3.74. The summed E-state index contributed by atoms with van der Waals surface area (Å²) in [5.74, 6) is -0.220. The Kier molecular flexibility index (Phi) is 11.5. The third-order valence-corrected chi connectivity index (χ3v) is 9.85. The van der Waals surface area contributed by atoms with E-state index >= 15 is 0 Å². The van der Waals surface area contributed by atoms with E-state index in [2.05, 4.69) is 46.9 Å². The number of aliphatic imine (C=N–C) groups is 1. The van der Waals surface area contributed by atoms with Crippen LogP contribution in [-0.4, -0.2) is 46.2 Å². The number of ether oxygens (including phenoxy) is 1. The predicted molar refractivity (Wildman–Crippen MR) is 195 cm³/mol. The number of nitrogens with one attached hydrogen (secondary N) is 1. The molecule has 4 rings (SSSR count). The summed E-state index contributed by atoms with van der Waals surface area (Å²) in [5.41, 5.74) is 1.40. The quantitative estimate of drug-likeness (QED) is 0.264. The molecule has 2 aromatic rings. The molecule has 0 aromatic heterocycles. The van der Waals surface area contributed by atoms with E-state index in [9.17, 15) is 14.4 Å². The molecule has 1 saturated carbocycles. The van der Waals surface area contributed by atoms with Gasteiger partial charge in [0.15, 0.2) is 0 Å². The first-order valence-electron chi connectivity index (χ1n) is 17.2. The van der Waals surface area contributed by atoms with E-state index in [4.69, 9.17) is 32.9 Å². The molecular formula is C39H53Cl2N3O4. The van der Waals surface area contributed by atoms with Crippen LogP contribution >= 0.6 is 23.2 Å². The van der Waals surface area contributed by atoms with Gasteiger partial charge in [-0.25, -0.2) is 0 Å². The topological polar surface area (TPSA) is 88.1 Å². The summed E-state index contributed by atoms with van der Waals surface area (Å²) in [6.07, 6.45) is 5.17. The van der Waals surface area contributed by atoms with Crippen molar-refractivity contribution in [3.63, 3.8) is 0 Å². The fourth-order valence-corrected chi connectivity index (χ4v) is 7.39. The molecule has 2 amide bonds. The Balaban J connectivity index is 1.66. The lowest BCUT2D eigenvalue weighted by atomic mass is 9.69. The van der Waals surface area contributed by atoms with Crippen molar-refractivity contribution in [1.29, 1.82) is 0 Å². The van der Waals surface area contributed by atoms with E-state index in [0.717, 1.165) is 44.1 Å². The lowest BCUT2D eigenvalue weighted by Gasteiger charge is -2.47. The Labute approximate surface area is 297 Å². The Morgan fingerprint density at radius 2 is 1.54 bits per heavy atom. The second-order valence-corrected chi connectivity index (χ2v) is 17.6. The molecule has 0 radical (unpaired) electrons. The van der Waals surface area contributed by atoms with Crippen molar-refractivity contribution in [2.24, 2.45) is 21.7 Å². The summed E-state index contributed by atoms with van der Waals surface area (Å²) in [6, 6.07) is 12.4. The van der Waals surface area contributed by atoms with Gasteiger partial charge >= 0.3 is 5.97 Å². The van der Waals surface area contributed by atoms with E-state index < -0.39 is 11.3 Å². The van der Waals surface area contributed by atoms with E-state index in [-0.39, 0.29) is 47.6 Å². The average Bonchev–Trinajstić information content (AvgIpc) is 3.22. The molecule has 1 fully saturated rings. The zero-order valence-electron chi connectivity index (χ0n) is 30.1. The SMILES string of the molecule is CC(C)(C)CC[C@H](c1ccc(C(=O)NCCC(=O)OC(C)(C)C)cc1)N1C(=O)C(c2cc(Cl)cc(Cl)c2)=NC12CCC(C(C)(C)C)CC2. The smallest absolute Gasteiger partial charge is 0.308 e. The van der Waals surface area contributed by atoms with Crippen LogP contribution < -0.4 is 5.32 Å². The first-order valence-corrected chi connectivity index (χ1v) is 17.9. The van der Waals surface area contributed by atoms with Gasteiger partial charge < -0.3 is 15.0 Å². The van der Waals surface area contributed by atoms with Crippen LogP contribution in [0.5, 0.6) is 0 Å². The maximum Gasteiger partial charge on any atom is 0.308 e. The van der Waals surface area contributed by atoms with Gasteiger partial charge in [0.1, 0.15) is 17.0 Å². The van der Waals surface area contributed by atoms with Gasteiger partial charge in [-0.2, -0.15) is 0 Å². The minimum atomic E-state index is -0.691. The highest BCUT2D eigenvalue weighted by Gasteiger charge is 2.52. The standard InChI is InChI=1S/C39H53Cl2N3O4/c1-36(2,3)18-16-31(25-10-12-26(13-11-25)34(46)42-21-17-32(45)48-38(7,8)9)44-35(47)33(27-22-29(40)24-30(41)23-27)43-39(44)19-14-28(15-20-39)37(4,5)6/h10-13,22-24,28,31H,14-21H2,1-9H3,(H,42,46)/t28?,31-,39?/m1/s1. The highest BCUT2D eigenvalue weighted by Crippen LogP contribution is 2.50. The fraction of sp³-hybridized carbons (Fsp3) is 0.590. The molecule has 0 unspecified atom stereocenters. The van der Waals surface area contributed by atoms with Crippen molar-refractivity contribution in [3.8, 4) is 0 Å². The monoisotopic (exact) mass is 697 g/mol. The van der Waals surface area contributed by atoms with Gasteiger partial charge in [-0.05, 0) is 112 Å². The highest BCUT2D eigenvalue weighted by molar-refractivity contribution is 6.47. The Morgan fingerprint density at radius 1 is 0.958 bits per heavy atom. The molecule has 2 aliphatic rings. The van der Waals surface area contributed by atoms with Crippen LogP contribution in [0.2, 0.25) is 10.0 Å². The number of hydrogen-bond acceptors (Lipinski definition) is 5. The second-order valence-electron chi connectivity index (χ2n) is 16.7. The number of amides is 2. The molecule has 1 aliphatic carbocycles. The van der Waals surface area contributed by atoms with Crippen LogP contribution in [0.3, 0.4) is 0 Å². The van der Waals surface area contributed by atoms with Gasteiger partial charge in [0, 0.05) is 27.7 Å². The lowest BCUT2D eigenvalue weighted by Crippen LogP contribution is -2.51. The Hall–Kier alpha value is -2.90. The van der Waals surface area contributed by atoms with Crippen LogP contribution in [0.1, 0.15) is 135 Å². The van der Waals surface area contributed by atoms with Gasteiger partial charge in [-0.1, -0.05) is 76.9 Å². The fourth-order valence-electron chi connectivity index (χ4n) is 6.87.